The maximum absolute atomic E-state index is 13.9. The number of fused-ring (bicyclic) bond motifs is 1. The predicted octanol–water partition coefficient (Wildman–Crippen LogP) is 1.99. The number of rotatable bonds is 13. The monoisotopic (exact) mass is 558 g/mol. The molecule has 220 valence electrons. The number of carboxylic acids is 2. The lowest BCUT2D eigenvalue weighted by atomic mass is 9.75. The first-order valence-corrected chi connectivity index (χ1v) is 14.0. The van der Waals surface area contributed by atoms with E-state index in [1.54, 1.807) is 24.1 Å². The highest BCUT2D eigenvalue weighted by Gasteiger charge is 2.46. The van der Waals surface area contributed by atoms with Crippen LogP contribution in [0.15, 0.2) is 24.3 Å². The zero-order valence-electron chi connectivity index (χ0n) is 23.7. The van der Waals surface area contributed by atoms with Crippen molar-refractivity contribution in [3.05, 3.63) is 29.8 Å². The molecule has 2 unspecified atom stereocenters. The zero-order chi connectivity index (χ0) is 29.4. The molecule has 1 aliphatic carbocycles. The van der Waals surface area contributed by atoms with Crippen LogP contribution in [0, 0.1) is 11.3 Å². The molecule has 3 N–H and O–H groups in total. The van der Waals surface area contributed by atoms with Crippen LogP contribution in [0.5, 0.6) is 0 Å². The number of hydrogen-bond donors (Lipinski definition) is 3. The molecule has 0 spiro atoms. The second-order valence-corrected chi connectivity index (χ2v) is 11.4. The molecule has 1 fully saturated rings. The average molecular weight is 559 g/mol. The van der Waals surface area contributed by atoms with Gasteiger partial charge in [-0.25, -0.2) is 0 Å². The van der Waals surface area contributed by atoms with Crippen LogP contribution in [0.25, 0.3) is 0 Å². The van der Waals surface area contributed by atoms with E-state index in [1.807, 2.05) is 31.1 Å². The summed E-state index contributed by atoms with van der Waals surface area (Å²) in [5.41, 5.74) is 0.373. The summed E-state index contributed by atoms with van der Waals surface area (Å²) >= 11 is 0. The van der Waals surface area contributed by atoms with Crippen molar-refractivity contribution in [1.29, 1.82) is 0 Å². The Hall–Kier alpha value is -3.47. The third-order valence-electron chi connectivity index (χ3n) is 8.07. The largest absolute Gasteiger partial charge is 0.481 e. The van der Waals surface area contributed by atoms with Crippen LogP contribution in [-0.2, 0) is 30.4 Å². The Bertz CT molecular complexity index is 1100. The number of para-hydroxylation sites is 1. The Balaban J connectivity index is 1.80. The van der Waals surface area contributed by atoms with Gasteiger partial charge in [0.1, 0.15) is 12.6 Å². The molecule has 11 nitrogen and oxygen atoms in total. The molecule has 0 saturated heterocycles. The molecule has 2 aliphatic rings. The quantitative estimate of drug-likeness (QED) is 0.333. The van der Waals surface area contributed by atoms with Crippen LogP contribution in [0.1, 0.15) is 56.9 Å². The number of carboxylic acid groups (broad SMARTS) is 2. The summed E-state index contributed by atoms with van der Waals surface area (Å²) in [6.45, 7) is 0.733. The first-order valence-electron chi connectivity index (χ1n) is 14.0. The van der Waals surface area contributed by atoms with Crippen molar-refractivity contribution in [3.8, 4) is 0 Å². The van der Waals surface area contributed by atoms with Crippen molar-refractivity contribution in [2.24, 2.45) is 11.3 Å². The summed E-state index contributed by atoms with van der Waals surface area (Å²) in [6, 6.07) is 6.18. The molecule has 1 aliphatic heterocycles. The van der Waals surface area contributed by atoms with Gasteiger partial charge in [0.15, 0.2) is 0 Å². The number of nitrogens with zero attached hydrogens (tertiary/aromatic N) is 3. The summed E-state index contributed by atoms with van der Waals surface area (Å²) in [5, 5.41) is 22.0. The Morgan fingerprint density at radius 1 is 1.05 bits per heavy atom. The topological polar surface area (TPSA) is 148 Å². The number of aryl methyl sites for hydroxylation is 1. The Labute approximate surface area is 235 Å². The van der Waals surface area contributed by atoms with Gasteiger partial charge >= 0.3 is 11.9 Å². The maximum atomic E-state index is 13.9. The third-order valence-corrected chi connectivity index (χ3v) is 8.07. The van der Waals surface area contributed by atoms with Gasteiger partial charge in [-0.2, -0.15) is 0 Å². The first-order chi connectivity index (χ1) is 18.9. The van der Waals surface area contributed by atoms with E-state index in [2.05, 4.69) is 5.32 Å². The molecule has 0 aromatic heterocycles. The van der Waals surface area contributed by atoms with Gasteiger partial charge in [-0.3, -0.25) is 28.9 Å². The van der Waals surface area contributed by atoms with Gasteiger partial charge < -0.3 is 25.3 Å². The minimum absolute atomic E-state index is 0.0853. The van der Waals surface area contributed by atoms with Crippen molar-refractivity contribution >= 4 is 35.3 Å². The fourth-order valence-electron chi connectivity index (χ4n) is 6.01. The second-order valence-electron chi connectivity index (χ2n) is 11.4. The maximum Gasteiger partial charge on any atom is 0.323 e. The summed E-state index contributed by atoms with van der Waals surface area (Å²) in [4.78, 5) is 68.9. The fraction of sp³-hybridized carbons (Fsp3) is 0.621. The lowest BCUT2D eigenvalue weighted by molar-refractivity contribution is -0.147. The molecular formula is C29H42N4O7. The van der Waals surface area contributed by atoms with E-state index in [-0.39, 0.29) is 24.7 Å². The minimum Gasteiger partial charge on any atom is -0.481 e. The number of benzene rings is 1. The van der Waals surface area contributed by atoms with Gasteiger partial charge in [0.2, 0.25) is 17.7 Å². The molecule has 3 rings (SSSR count). The van der Waals surface area contributed by atoms with Gasteiger partial charge in [-0.15, -0.1) is 0 Å². The smallest absolute Gasteiger partial charge is 0.323 e. The van der Waals surface area contributed by atoms with Crippen molar-refractivity contribution in [3.63, 3.8) is 0 Å². The molecule has 0 bridgehead atoms. The minimum atomic E-state index is -1.16. The van der Waals surface area contributed by atoms with Crippen molar-refractivity contribution < 1.29 is 34.2 Å². The first kappa shape index (κ1) is 31.1. The number of carbonyl (C=O) groups is 5. The highest BCUT2D eigenvalue weighted by molar-refractivity contribution is 6.03. The average Bonchev–Trinajstić information content (AvgIpc) is 3.33. The highest BCUT2D eigenvalue weighted by atomic mass is 16.4. The Kier molecular flexibility index (Phi) is 10.7. The normalized spacial score (nSPS) is 19.1. The number of amides is 3. The fourth-order valence-corrected chi connectivity index (χ4v) is 6.01. The van der Waals surface area contributed by atoms with Gasteiger partial charge in [0.05, 0.1) is 6.42 Å². The highest BCUT2D eigenvalue weighted by Crippen LogP contribution is 2.44. The zero-order valence-corrected chi connectivity index (χ0v) is 23.7. The second kappa shape index (κ2) is 13.7. The van der Waals surface area contributed by atoms with Gasteiger partial charge in [-0.05, 0) is 70.8 Å². The summed E-state index contributed by atoms with van der Waals surface area (Å²) in [5.74, 6) is -4.30. The van der Waals surface area contributed by atoms with E-state index in [1.165, 1.54) is 4.90 Å². The number of aliphatic carboxylic acids is 2. The van der Waals surface area contributed by atoms with E-state index in [9.17, 15) is 34.2 Å². The van der Waals surface area contributed by atoms with E-state index in [0.717, 1.165) is 31.4 Å². The van der Waals surface area contributed by atoms with Crippen molar-refractivity contribution in [1.82, 2.24) is 15.1 Å². The molecule has 1 aromatic rings. The summed E-state index contributed by atoms with van der Waals surface area (Å²) in [6.07, 6.45) is 3.73. The van der Waals surface area contributed by atoms with Crippen LogP contribution in [0.4, 0.5) is 5.69 Å². The molecule has 1 heterocycles. The van der Waals surface area contributed by atoms with E-state index >= 15 is 0 Å². The van der Waals surface area contributed by atoms with Crippen LogP contribution in [-0.4, -0.2) is 96.5 Å². The Morgan fingerprint density at radius 3 is 2.35 bits per heavy atom. The van der Waals surface area contributed by atoms with E-state index in [0.29, 0.717) is 37.9 Å². The lowest BCUT2D eigenvalue weighted by Crippen LogP contribution is -2.53. The van der Waals surface area contributed by atoms with Crippen molar-refractivity contribution in [2.45, 2.75) is 63.8 Å². The van der Waals surface area contributed by atoms with E-state index < -0.39 is 41.8 Å². The summed E-state index contributed by atoms with van der Waals surface area (Å²) in [7, 11) is 5.54. The standard InChI is InChI=1S/C29H42N4O7/c1-31(2)15-8-16-32(3)26(38)21(17-24(34)35)18-29(13-6-7-14-29)28(40)30-22-12-11-20-9-4-5-10-23(20)33(27(22)39)19-25(36)37/h4-5,9-10,21-22H,6-8,11-19H2,1-3H3,(H,30,40)(H,34,35)(H,36,37). The van der Waals surface area contributed by atoms with Crippen molar-refractivity contribution in [2.75, 3.05) is 45.7 Å². The third kappa shape index (κ3) is 7.80. The van der Waals surface area contributed by atoms with Crippen LogP contribution >= 0.6 is 0 Å². The molecule has 1 aromatic carbocycles. The van der Waals surface area contributed by atoms with Crippen LogP contribution < -0.4 is 10.2 Å². The number of anilines is 1. The van der Waals surface area contributed by atoms with Gasteiger partial charge in [-0.1, -0.05) is 31.0 Å². The number of nitrogens with one attached hydrogen (secondary N) is 1. The number of hydrogen-bond acceptors (Lipinski definition) is 6. The molecule has 2 atom stereocenters. The Morgan fingerprint density at radius 2 is 1.73 bits per heavy atom. The van der Waals surface area contributed by atoms with E-state index in [4.69, 9.17) is 0 Å². The predicted molar refractivity (Wildman–Crippen MR) is 149 cm³/mol. The van der Waals surface area contributed by atoms with Crippen LogP contribution in [0.3, 0.4) is 0 Å². The molecule has 11 heteroatoms. The van der Waals surface area contributed by atoms with Gasteiger partial charge in [0, 0.05) is 30.6 Å². The molecule has 40 heavy (non-hydrogen) atoms. The molecular weight excluding hydrogens is 516 g/mol. The molecule has 3 amide bonds. The summed E-state index contributed by atoms with van der Waals surface area (Å²) < 4.78 is 0. The molecule has 1 saturated carbocycles. The van der Waals surface area contributed by atoms with Gasteiger partial charge in [0.25, 0.3) is 0 Å². The lowest BCUT2D eigenvalue weighted by Gasteiger charge is -2.34. The molecule has 0 radical (unpaired) electrons. The van der Waals surface area contributed by atoms with Crippen LogP contribution in [0.2, 0.25) is 0 Å². The number of carbonyl (C=O) groups excluding carboxylic acids is 3. The SMILES string of the molecule is CN(C)CCCN(C)C(=O)C(CC(=O)O)CC1(C(=O)NC2CCc3ccccc3N(CC(=O)O)C2=O)CCCC1.